The number of anilines is 1. The lowest BCUT2D eigenvalue weighted by Crippen LogP contribution is -2.02. The molecule has 8 nitrogen and oxygen atoms in total. The normalized spacial score (nSPS) is 10.2. The average molecular weight is 316 g/mol. The molecule has 0 atom stereocenters. The SMILES string of the molecule is CNc1nc(Cl)nc(Oc2ccc(Cl)cc2[N+](=O)[O-])n1. The minimum Gasteiger partial charge on any atom is -0.417 e. The minimum absolute atomic E-state index is 0.0521. The predicted octanol–water partition coefficient (Wildman–Crippen LogP) is 2.92. The molecule has 1 heterocycles. The maximum Gasteiger partial charge on any atom is 0.328 e. The van der Waals surface area contributed by atoms with Crippen LogP contribution in [0.5, 0.6) is 11.8 Å². The Kier molecular flexibility index (Phi) is 4.16. The number of aromatic nitrogens is 3. The highest BCUT2D eigenvalue weighted by Gasteiger charge is 2.18. The van der Waals surface area contributed by atoms with E-state index in [1.165, 1.54) is 18.2 Å². The van der Waals surface area contributed by atoms with Gasteiger partial charge in [0, 0.05) is 18.1 Å². The highest BCUT2D eigenvalue weighted by molar-refractivity contribution is 6.30. The first-order valence-electron chi connectivity index (χ1n) is 5.20. The Labute approximate surface area is 122 Å². The number of benzene rings is 1. The Morgan fingerprint density at radius 3 is 2.70 bits per heavy atom. The van der Waals surface area contributed by atoms with E-state index in [-0.39, 0.29) is 33.7 Å². The molecule has 1 N–H and O–H groups in total. The third-order valence-electron chi connectivity index (χ3n) is 2.13. The van der Waals surface area contributed by atoms with E-state index in [9.17, 15) is 10.1 Å². The van der Waals surface area contributed by atoms with Crippen LogP contribution in [0.2, 0.25) is 10.3 Å². The lowest BCUT2D eigenvalue weighted by molar-refractivity contribution is -0.385. The van der Waals surface area contributed by atoms with Crippen molar-refractivity contribution in [1.29, 1.82) is 0 Å². The number of rotatable bonds is 4. The fourth-order valence-corrected chi connectivity index (χ4v) is 1.63. The Morgan fingerprint density at radius 2 is 2.05 bits per heavy atom. The van der Waals surface area contributed by atoms with Crippen molar-refractivity contribution in [3.8, 4) is 11.8 Å². The van der Waals surface area contributed by atoms with Crippen molar-refractivity contribution < 1.29 is 9.66 Å². The van der Waals surface area contributed by atoms with Crippen LogP contribution in [0.4, 0.5) is 11.6 Å². The molecule has 20 heavy (non-hydrogen) atoms. The van der Waals surface area contributed by atoms with Gasteiger partial charge >= 0.3 is 11.7 Å². The maximum absolute atomic E-state index is 10.9. The minimum atomic E-state index is -0.622. The van der Waals surface area contributed by atoms with Gasteiger partial charge in [0.05, 0.1) is 4.92 Å². The Balaban J connectivity index is 2.39. The molecule has 0 spiro atoms. The van der Waals surface area contributed by atoms with Crippen LogP contribution in [0.3, 0.4) is 0 Å². The first-order chi connectivity index (χ1) is 9.49. The summed E-state index contributed by atoms with van der Waals surface area (Å²) in [7, 11) is 1.58. The average Bonchev–Trinajstić information content (AvgIpc) is 2.40. The van der Waals surface area contributed by atoms with Gasteiger partial charge in [-0.1, -0.05) is 11.6 Å². The summed E-state index contributed by atoms with van der Waals surface area (Å²) in [6, 6.07) is 3.79. The van der Waals surface area contributed by atoms with Crippen LogP contribution in [0.25, 0.3) is 0 Å². The molecule has 2 aromatic rings. The number of nitrogens with one attached hydrogen (secondary N) is 1. The third kappa shape index (κ3) is 3.22. The molecule has 0 amide bonds. The van der Waals surface area contributed by atoms with Gasteiger partial charge in [-0.3, -0.25) is 10.1 Å². The van der Waals surface area contributed by atoms with E-state index < -0.39 is 4.92 Å². The number of nitrogens with zero attached hydrogens (tertiary/aromatic N) is 4. The van der Waals surface area contributed by atoms with Crippen LogP contribution in [0, 0.1) is 10.1 Å². The number of hydrogen-bond donors (Lipinski definition) is 1. The number of nitro groups is 1. The lowest BCUT2D eigenvalue weighted by Gasteiger charge is -2.06. The standard InChI is InChI=1S/C10H7Cl2N5O3/c1-13-9-14-8(12)15-10(16-9)20-7-3-2-5(11)4-6(7)17(18)19/h2-4H,1H3,(H,13,14,15,16). The summed E-state index contributed by atoms with van der Waals surface area (Å²) in [5, 5.41) is 13.7. The van der Waals surface area contributed by atoms with Gasteiger partial charge < -0.3 is 10.1 Å². The topological polar surface area (TPSA) is 103 Å². The van der Waals surface area contributed by atoms with Crippen molar-refractivity contribution in [3.05, 3.63) is 38.6 Å². The monoisotopic (exact) mass is 315 g/mol. The first-order valence-corrected chi connectivity index (χ1v) is 5.96. The Bertz CT molecular complexity index is 667. The second kappa shape index (κ2) is 5.85. The molecule has 1 aromatic heterocycles. The summed E-state index contributed by atoms with van der Waals surface area (Å²) in [6.07, 6.45) is 0. The molecule has 0 radical (unpaired) electrons. The van der Waals surface area contributed by atoms with Gasteiger partial charge in [-0.2, -0.15) is 15.0 Å². The van der Waals surface area contributed by atoms with E-state index in [2.05, 4.69) is 20.3 Å². The second-order valence-corrected chi connectivity index (χ2v) is 4.21. The van der Waals surface area contributed by atoms with Gasteiger partial charge in [0.2, 0.25) is 17.0 Å². The lowest BCUT2D eigenvalue weighted by atomic mass is 10.3. The van der Waals surface area contributed by atoms with E-state index in [0.717, 1.165) is 0 Å². The van der Waals surface area contributed by atoms with Crippen molar-refractivity contribution in [2.24, 2.45) is 0 Å². The van der Waals surface area contributed by atoms with Gasteiger partial charge in [0.1, 0.15) is 0 Å². The Hall–Kier alpha value is -2.19. The van der Waals surface area contributed by atoms with Crippen LogP contribution in [0.1, 0.15) is 0 Å². The van der Waals surface area contributed by atoms with Crippen LogP contribution in [-0.4, -0.2) is 26.9 Å². The third-order valence-corrected chi connectivity index (χ3v) is 2.53. The number of ether oxygens (including phenoxy) is 1. The maximum atomic E-state index is 10.9. The fraction of sp³-hybridized carbons (Fsp3) is 0.100. The van der Waals surface area contributed by atoms with Gasteiger partial charge in [-0.05, 0) is 23.7 Å². The highest BCUT2D eigenvalue weighted by atomic mass is 35.5. The van der Waals surface area contributed by atoms with E-state index in [1.54, 1.807) is 7.05 Å². The molecule has 104 valence electrons. The smallest absolute Gasteiger partial charge is 0.328 e. The molecule has 0 unspecified atom stereocenters. The molecule has 0 aliphatic rings. The molecule has 0 saturated carbocycles. The van der Waals surface area contributed by atoms with E-state index in [4.69, 9.17) is 27.9 Å². The molecule has 0 aliphatic carbocycles. The summed E-state index contributed by atoms with van der Waals surface area (Å²) in [4.78, 5) is 21.7. The van der Waals surface area contributed by atoms with E-state index in [0.29, 0.717) is 0 Å². The van der Waals surface area contributed by atoms with Crippen molar-refractivity contribution in [2.45, 2.75) is 0 Å². The summed E-state index contributed by atoms with van der Waals surface area (Å²) >= 11 is 11.4. The summed E-state index contributed by atoms with van der Waals surface area (Å²) < 4.78 is 5.26. The van der Waals surface area contributed by atoms with Crippen molar-refractivity contribution in [3.63, 3.8) is 0 Å². The van der Waals surface area contributed by atoms with Crippen LogP contribution >= 0.6 is 23.2 Å². The second-order valence-electron chi connectivity index (χ2n) is 3.43. The Morgan fingerprint density at radius 1 is 1.30 bits per heavy atom. The summed E-state index contributed by atoms with van der Waals surface area (Å²) in [5.41, 5.74) is -0.306. The number of nitro benzene ring substituents is 1. The molecular formula is C10H7Cl2N5O3. The first kappa shape index (κ1) is 14.2. The van der Waals surface area contributed by atoms with Crippen LogP contribution < -0.4 is 10.1 Å². The van der Waals surface area contributed by atoms with Crippen molar-refractivity contribution in [1.82, 2.24) is 15.0 Å². The van der Waals surface area contributed by atoms with Gasteiger partial charge in [-0.25, -0.2) is 0 Å². The molecule has 0 fully saturated rings. The quantitative estimate of drug-likeness (QED) is 0.683. The zero-order chi connectivity index (χ0) is 14.7. The van der Waals surface area contributed by atoms with Gasteiger partial charge in [0.15, 0.2) is 0 Å². The van der Waals surface area contributed by atoms with Gasteiger partial charge in [0.25, 0.3) is 0 Å². The number of halogens is 2. The largest absolute Gasteiger partial charge is 0.417 e. The van der Waals surface area contributed by atoms with Crippen LogP contribution in [-0.2, 0) is 0 Å². The number of hydrogen-bond acceptors (Lipinski definition) is 7. The van der Waals surface area contributed by atoms with E-state index >= 15 is 0 Å². The summed E-state index contributed by atoms with van der Waals surface area (Å²) in [5.74, 6) is 0.125. The van der Waals surface area contributed by atoms with Crippen molar-refractivity contribution in [2.75, 3.05) is 12.4 Å². The molecule has 0 aliphatic heterocycles. The van der Waals surface area contributed by atoms with Gasteiger partial charge in [-0.15, -0.1) is 0 Å². The zero-order valence-corrected chi connectivity index (χ0v) is 11.5. The summed E-state index contributed by atoms with van der Waals surface area (Å²) in [6.45, 7) is 0. The molecular weight excluding hydrogens is 309 g/mol. The van der Waals surface area contributed by atoms with Crippen LogP contribution in [0.15, 0.2) is 18.2 Å². The fourth-order valence-electron chi connectivity index (χ4n) is 1.31. The molecule has 2 rings (SSSR count). The zero-order valence-electron chi connectivity index (χ0n) is 10.0. The molecule has 10 heteroatoms. The van der Waals surface area contributed by atoms with E-state index in [1.807, 2.05) is 0 Å². The molecule has 0 saturated heterocycles. The molecule has 1 aromatic carbocycles. The molecule has 0 bridgehead atoms. The highest BCUT2D eigenvalue weighted by Crippen LogP contribution is 2.32. The van der Waals surface area contributed by atoms with Crippen molar-refractivity contribution >= 4 is 34.8 Å². The predicted molar refractivity (Wildman–Crippen MR) is 72.6 cm³/mol.